The summed E-state index contributed by atoms with van der Waals surface area (Å²) in [5.74, 6) is 2.81. The van der Waals surface area contributed by atoms with E-state index in [0.29, 0.717) is 23.2 Å². The number of hydrogen-bond donors (Lipinski definition) is 1. The standard InChI is InChI=1S/C11H17N3O2S.C11H12O2.C2H6.CH3.K/c1-4-5-6-17-8-12-9-7-13(2)11(16)14(3)10(9)15;1-2-5-11(13)10-7-4-3-6-9(10)8-12;1-2;;/h8,12H,4-6H2,1-3H3;3-4,6-8H,2,5H2,1H3;1-2H3;1H3;/q-2;;;-1;+1. The molecular weight excluding hydrogens is 477 g/mol. The van der Waals surface area contributed by atoms with Gasteiger partial charge in [-0.3, -0.25) is 9.59 Å². The number of carbonyl (C=O) groups is 2. The molecule has 0 radical (unpaired) electrons. The van der Waals surface area contributed by atoms with Crippen molar-refractivity contribution in [1.29, 1.82) is 0 Å². The summed E-state index contributed by atoms with van der Waals surface area (Å²) in [6.07, 6.45) is 7.02. The van der Waals surface area contributed by atoms with Crippen LogP contribution in [-0.2, 0) is 14.1 Å². The fraction of sp³-hybridized carbons (Fsp3) is 0.440. The number of aromatic nitrogens is 2. The second-order valence-electron chi connectivity index (χ2n) is 6.56. The van der Waals surface area contributed by atoms with Crippen LogP contribution in [0.2, 0.25) is 0 Å². The van der Waals surface area contributed by atoms with Crippen LogP contribution in [0.3, 0.4) is 0 Å². The Morgan fingerprint density at radius 2 is 1.76 bits per heavy atom. The Bertz CT molecular complexity index is 958. The minimum Gasteiger partial charge on any atom is -0.540 e. The van der Waals surface area contributed by atoms with Gasteiger partial charge in [0, 0.05) is 17.5 Å². The first kappa shape index (κ1) is 37.6. The number of hydrogen-bond acceptors (Lipinski definition) is 6. The summed E-state index contributed by atoms with van der Waals surface area (Å²) in [5.41, 5.74) is 0.582. The van der Waals surface area contributed by atoms with E-state index in [1.54, 1.807) is 49.0 Å². The van der Waals surface area contributed by atoms with Gasteiger partial charge >= 0.3 is 51.4 Å². The fourth-order valence-corrected chi connectivity index (χ4v) is 3.21. The van der Waals surface area contributed by atoms with Crippen molar-refractivity contribution in [2.45, 2.75) is 53.4 Å². The van der Waals surface area contributed by atoms with Crippen molar-refractivity contribution in [3.05, 3.63) is 75.7 Å². The third-order valence-corrected chi connectivity index (χ3v) is 4.95. The Morgan fingerprint density at radius 1 is 1.15 bits per heavy atom. The van der Waals surface area contributed by atoms with Gasteiger partial charge in [-0.25, -0.2) is 0 Å². The van der Waals surface area contributed by atoms with Crippen LogP contribution in [-0.4, -0.2) is 27.0 Å². The van der Waals surface area contributed by atoms with Crippen molar-refractivity contribution in [1.82, 2.24) is 9.13 Å². The first-order valence-corrected chi connectivity index (χ1v) is 11.9. The number of aldehydes is 1. The van der Waals surface area contributed by atoms with Gasteiger partial charge in [0.15, 0.2) is 17.6 Å². The predicted octanol–water partition coefficient (Wildman–Crippen LogP) is 1.91. The summed E-state index contributed by atoms with van der Waals surface area (Å²) >= 11 is 1.61. The van der Waals surface area contributed by atoms with Crippen LogP contribution in [0.1, 0.15) is 74.1 Å². The number of aryl methyl sites for hydroxylation is 1. The molecule has 0 saturated carbocycles. The SMILES string of the molecule is CC.CCCC(=O)c1ccccc1C=O.CCCCS[CH-]Nc1[c-]n(C)c(=O)n(C)c1=O.[CH3-].[K+]. The third kappa shape index (κ3) is 13.2. The normalized spacial score (nSPS) is 9.12. The molecule has 2 rings (SSSR count). The Hall–Kier alpha value is -0.974. The van der Waals surface area contributed by atoms with E-state index < -0.39 is 0 Å². The summed E-state index contributed by atoms with van der Waals surface area (Å²) in [4.78, 5) is 45.1. The van der Waals surface area contributed by atoms with Gasteiger partial charge in [-0.05, 0) is 38.4 Å². The van der Waals surface area contributed by atoms with Gasteiger partial charge in [-0.15, -0.1) is 0 Å². The number of ketones is 1. The van der Waals surface area contributed by atoms with Crippen LogP contribution in [0, 0.1) is 19.5 Å². The van der Waals surface area contributed by atoms with Crippen molar-refractivity contribution in [2.24, 2.45) is 14.1 Å². The molecule has 0 atom stereocenters. The molecule has 0 aliphatic rings. The van der Waals surface area contributed by atoms with Crippen LogP contribution in [0.15, 0.2) is 33.9 Å². The van der Waals surface area contributed by atoms with Crippen LogP contribution in [0.5, 0.6) is 0 Å². The first-order chi connectivity index (χ1) is 15.4. The monoisotopic (exact) mass is 515 g/mol. The smallest absolute Gasteiger partial charge is 0.540 e. The van der Waals surface area contributed by atoms with E-state index in [9.17, 15) is 19.2 Å². The number of thioether (sulfide) groups is 1. The molecule has 1 aromatic carbocycles. The van der Waals surface area contributed by atoms with E-state index in [1.165, 1.54) is 11.6 Å². The number of anilines is 1. The number of rotatable bonds is 10. The molecular formula is C25H38KN3O4S-2. The van der Waals surface area contributed by atoms with Crippen LogP contribution < -0.4 is 68.0 Å². The molecule has 0 amide bonds. The van der Waals surface area contributed by atoms with Crippen molar-refractivity contribution in [2.75, 3.05) is 11.1 Å². The van der Waals surface area contributed by atoms with Gasteiger partial charge in [-0.2, -0.15) is 5.88 Å². The Balaban J connectivity index is -0.000000512. The minimum atomic E-state index is -0.376. The summed E-state index contributed by atoms with van der Waals surface area (Å²) in [6, 6.07) is 6.89. The molecule has 34 heavy (non-hydrogen) atoms. The molecule has 1 heterocycles. The fourth-order valence-electron chi connectivity index (χ4n) is 2.44. The van der Waals surface area contributed by atoms with Gasteiger partial charge in [0.25, 0.3) is 0 Å². The van der Waals surface area contributed by atoms with E-state index in [2.05, 4.69) is 18.4 Å². The number of nitrogens with one attached hydrogen (secondary N) is 1. The second kappa shape index (κ2) is 22.5. The summed E-state index contributed by atoms with van der Waals surface area (Å²) in [5, 5.41) is 2.87. The number of Topliss-reactive ketones (excluding diaryl/α,β-unsaturated/α-hetero) is 1. The van der Waals surface area contributed by atoms with Crippen molar-refractivity contribution >= 4 is 29.5 Å². The average molecular weight is 516 g/mol. The zero-order chi connectivity index (χ0) is 24.5. The average Bonchev–Trinajstić information content (AvgIpc) is 2.82. The molecule has 0 unspecified atom stereocenters. The molecule has 1 N–H and O–H groups in total. The van der Waals surface area contributed by atoms with Gasteiger partial charge in [0.05, 0.1) is 0 Å². The van der Waals surface area contributed by atoms with E-state index in [4.69, 9.17) is 0 Å². The van der Waals surface area contributed by atoms with E-state index in [0.717, 1.165) is 35.9 Å². The number of nitrogens with zero attached hydrogens (tertiary/aromatic N) is 2. The molecule has 0 bridgehead atoms. The third-order valence-electron chi connectivity index (χ3n) is 4.14. The van der Waals surface area contributed by atoms with Gasteiger partial charge < -0.3 is 43.2 Å². The summed E-state index contributed by atoms with van der Waals surface area (Å²) < 4.78 is 2.32. The quantitative estimate of drug-likeness (QED) is 0.171. The Kier molecular flexibility index (Phi) is 24.9. The maximum atomic E-state index is 11.7. The molecule has 0 aliphatic carbocycles. The molecule has 1 aromatic heterocycles. The molecule has 0 saturated heterocycles. The summed E-state index contributed by atoms with van der Waals surface area (Å²) in [6.45, 7) is 8.08. The van der Waals surface area contributed by atoms with Gasteiger partial charge in [0.1, 0.15) is 0 Å². The zero-order valence-electron chi connectivity index (χ0n) is 21.9. The molecule has 0 spiro atoms. The largest absolute Gasteiger partial charge is 1.00 e. The van der Waals surface area contributed by atoms with Gasteiger partial charge in [-0.1, -0.05) is 64.6 Å². The van der Waals surface area contributed by atoms with Crippen molar-refractivity contribution in [3.63, 3.8) is 0 Å². The molecule has 0 fully saturated rings. The Labute approximate surface area is 251 Å². The van der Waals surface area contributed by atoms with E-state index in [-0.39, 0.29) is 75.8 Å². The number of unbranched alkanes of at least 4 members (excludes halogenated alkanes) is 1. The van der Waals surface area contributed by atoms with Crippen LogP contribution in [0.25, 0.3) is 0 Å². The van der Waals surface area contributed by atoms with Gasteiger partial charge in [0.2, 0.25) is 5.69 Å². The molecule has 7 nitrogen and oxygen atoms in total. The summed E-state index contributed by atoms with van der Waals surface area (Å²) in [7, 11) is 3.02. The van der Waals surface area contributed by atoms with E-state index in [1.807, 2.05) is 20.8 Å². The maximum absolute atomic E-state index is 11.7. The number of benzene rings is 1. The van der Waals surface area contributed by atoms with Crippen LogP contribution >= 0.6 is 11.8 Å². The predicted molar refractivity (Wildman–Crippen MR) is 140 cm³/mol. The molecule has 0 aliphatic heterocycles. The van der Waals surface area contributed by atoms with E-state index >= 15 is 0 Å². The topological polar surface area (TPSA) is 90.2 Å². The second-order valence-corrected chi connectivity index (χ2v) is 7.53. The number of carbonyl (C=O) groups excluding carboxylic acids is 2. The molecule has 186 valence electrons. The molecule has 2 aromatic rings. The minimum absolute atomic E-state index is 0. The maximum Gasteiger partial charge on any atom is 1.00 e. The van der Waals surface area contributed by atoms with Crippen LogP contribution in [0.4, 0.5) is 5.69 Å². The van der Waals surface area contributed by atoms with Crippen molar-refractivity contribution < 1.29 is 61.0 Å². The zero-order valence-corrected chi connectivity index (χ0v) is 25.9. The first-order valence-electron chi connectivity index (χ1n) is 10.8. The Morgan fingerprint density at radius 3 is 2.32 bits per heavy atom. The molecule has 9 heteroatoms. The van der Waals surface area contributed by atoms with Crippen molar-refractivity contribution in [3.8, 4) is 0 Å².